The first-order valence-corrected chi connectivity index (χ1v) is 6.73. The highest BCUT2D eigenvalue weighted by Crippen LogP contribution is 2.48. The molecule has 2 fully saturated rings. The predicted molar refractivity (Wildman–Crippen MR) is 71.3 cm³/mol. The van der Waals surface area contributed by atoms with Crippen molar-refractivity contribution in [3.63, 3.8) is 0 Å². The number of rotatable bonds is 5. The number of hydrogen-bond acceptors (Lipinski definition) is 3. The van der Waals surface area contributed by atoms with Crippen LogP contribution >= 0.6 is 0 Å². The lowest BCUT2D eigenvalue weighted by Gasteiger charge is -2.19. The minimum Gasteiger partial charge on any atom is -0.493 e. The second kappa shape index (κ2) is 4.44. The van der Waals surface area contributed by atoms with Crippen LogP contribution in [0.1, 0.15) is 31.2 Å². The van der Waals surface area contributed by atoms with E-state index in [0.717, 1.165) is 37.0 Å². The smallest absolute Gasteiger partial charge is 0.223 e. The second-order valence-corrected chi connectivity index (χ2v) is 5.42. The highest BCUT2D eigenvalue weighted by molar-refractivity contribution is 5.82. The molecule has 0 heterocycles. The van der Waals surface area contributed by atoms with Gasteiger partial charge < -0.3 is 14.8 Å². The van der Waals surface area contributed by atoms with Gasteiger partial charge in [0, 0.05) is 5.92 Å². The summed E-state index contributed by atoms with van der Waals surface area (Å²) in [6.07, 6.45) is 4.07. The first-order valence-electron chi connectivity index (χ1n) is 6.73. The van der Waals surface area contributed by atoms with Gasteiger partial charge in [-0.15, -0.1) is 0 Å². The van der Waals surface area contributed by atoms with Gasteiger partial charge in [-0.1, -0.05) is 6.07 Å². The first-order chi connectivity index (χ1) is 9.18. The van der Waals surface area contributed by atoms with Crippen LogP contribution in [0.15, 0.2) is 18.2 Å². The number of nitrogens with one attached hydrogen (secondary N) is 1. The van der Waals surface area contributed by atoms with Crippen LogP contribution in [0, 0.1) is 5.92 Å². The Morgan fingerprint density at radius 2 is 1.89 bits per heavy atom. The molecular weight excluding hydrogens is 242 g/mol. The molecule has 1 amide bonds. The molecule has 0 bridgehead atoms. The summed E-state index contributed by atoms with van der Waals surface area (Å²) in [6.45, 7) is 0. The van der Waals surface area contributed by atoms with Gasteiger partial charge in [-0.25, -0.2) is 0 Å². The SMILES string of the molecule is COc1ccc(C2(NC(=O)C3CC3)CC2)cc1OC. The van der Waals surface area contributed by atoms with E-state index < -0.39 is 0 Å². The lowest BCUT2D eigenvalue weighted by atomic mass is 10.0. The van der Waals surface area contributed by atoms with Crippen molar-refractivity contribution < 1.29 is 14.3 Å². The Morgan fingerprint density at radius 1 is 1.21 bits per heavy atom. The van der Waals surface area contributed by atoms with E-state index in [1.54, 1.807) is 14.2 Å². The molecule has 0 unspecified atom stereocenters. The molecular formula is C15H19NO3. The van der Waals surface area contributed by atoms with E-state index in [9.17, 15) is 4.79 Å². The molecule has 0 aromatic heterocycles. The number of carbonyl (C=O) groups excluding carboxylic acids is 1. The topological polar surface area (TPSA) is 47.6 Å². The average molecular weight is 261 g/mol. The zero-order valence-corrected chi connectivity index (χ0v) is 11.4. The van der Waals surface area contributed by atoms with E-state index >= 15 is 0 Å². The summed E-state index contributed by atoms with van der Waals surface area (Å²) in [5, 5.41) is 3.20. The normalized spacial score (nSPS) is 19.7. The van der Waals surface area contributed by atoms with Crippen LogP contribution in [0.25, 0.3) is 0 Å². The number of carbonyl (C=O) groups is 1. The first kappa shape index (κ1) is 12.3. The fourth-order valence-corrected chi connectivity index (χ4v) is 2.43. The van der Waals surface area contributed by atoms with Crippen molar-refractivity contribution >= 4 is 5.91 Å². The zero-order valence-electron chi connectivity index (χ0n) is 11.4. The largest absolute Gasteiger partial charge is 0.493 e. The van der Waals surface area contributed by atoms with Gasteiger partial charge in [-0.3, -0.25) is 4.79 Å². The summed E-state index contributed by atoms with van der Waals surface area (Å²) in [4.78, 5) is 11.9. The van der Waals surface area contributed by atoms with E-state index in [0.29, 0.717) is 5.75 Å². The third-order valence-electron chi connectivity index (χ3n) is 4.00. The van der Waals surface area contributed by atoms with Gasteiger partial charge in [0.25, 0.3) is 0 Å². The van der Waals surface area contributed by atoms with Crippen LogP contribution in [-0.4, -0.2) is 20.1 Å². The Labute approximate surface area is 113 Å². The molecule has 0 aliphatic heterocycles. The Morgan fingerprint density at radius 3 is 2.42 bits per heavy atom. The quantitative estimate of drug-likeness (QED) is 0.884. The van der Waals surface area contributed by atoms with Gasteiger partial charge in [0.2, 0.25) is 5.91 Å². The van der Waals surface area contributed by atoms with E-state index in [4.69, 9.17) is 9.47 Å². The summed E-state index contributed by atoms with van der Waals surface area (Å²) < 4.78 is 10.6. The lowest BCUT2D eigenvalue weighted by Crippen LogP contribution is -2.35. The summed E-state index contributed by atoms with van der Waals surface area (Å²) in [7, 11) is 3.25. The van der Waals surface area contributed by atoms with Crippen molar-refractivity contribution in [2.24, 2.45) is 5.92 Å². The lowest BCUT2D eigenvalue weighted by molar-refractivity contribution is -0.123. The number of benzene rings is 1. The van der Waals surface area contributed by atoms with Gasteiger partial charge >= 0.3 is 0 Å². The van der Waals surface area contributed by atoms with Crippen LogP contribution in [0.5, 0.6) is 11.5 Å². The minimum atomic E-state index is -0.167. The Balaban J connectivity index is 1.82. The third kappa shape index (κ3) is 2.27. The molecule has 2 saturated carbocycles. The molecule has 19 heavy (non-hydrogen) atoms. The number of amides is 1. The van der Waals surface area contributed by atoms with Crippen LogP contribution in [0.3, 0.4) is 0 Å². The summed E-state index contributed by atoms with van der Waals surface area (Å²) in [5.74, 6) is 1.88. The average Bonchev–Trinajstić information content (AvgIpc) is 3.30. The number of ether oxygens (including phenoxy) is 2. The van der Waals surface area contributed by atoms with Crippen molar-refractivity contribution in [2.75, 3.05) is 14.2 Å². The van der Waals surface area contributed by atoms with Gasteiger partial charge in [-0.05, 0) is 43.4 Å². The Hall–Kier alpha value is -1.71. The van der Waals surface area contributed by atoms with Crippen LogP contribution in [-0.2, 0) is 10.3 Å². The van der Waals surface area contributed by atoms with E-state index in [-0.39, 0.29) is 17.4 Å². The van der Waals surface area contributed by atoms with Crippen LogP contribution in [0.2, 0.25) is 0 Å². The molecule has 1 aromatic rings. The van der Waals surface area contributed by atoms with E-state index in [1.807, 2.05) is 18.2 Å². The molecule has 1 N–H and O–H groups in total. The van der Waals surface area contributed by atoms with Crippen LogP contribution < -0.4 is 14.8 Å². The fourth-order valence-electron chi connectivity index (χ4n) is 2.43. The van der Waals surface area contributed by atoms with Crippen molar-refractivity contribution in [1.82, 2.24) is 5.32 Å². The maximum atomic E-state index is 11.9. The van der Waals surface area contributed by atoms with Crippen molar-refractivity contribution in [3.05, 3.63) is 23.8 Å². The minimum absolute atomic E-state index is 0.167. The van der Waals surface area contributed by atoms with Gasteiger partial charge in [0.1, 0.15) is 0 Å². The molecule has 0 atom stereocenters. The monoisotopic (exact) mass is 261 g/mol. The molecule has 0 spiro atoms. The molecule has 2 aliphatic rings. The van der Waals surface area contributed by atoms with Gasteiger partial charge in [0.15, 0.2) is 11.5 Å². The number of hydrogen-bond donors (Lipinski definition) is 1. The third-order valence-corrected chi connectivity index (χ3v) is 4.00. The second-order valence-electron chi connectivity index (χ2n) is 5.42. The molecule has 4 heteroatoms. The van der Waals surface area contributed by atoms with Crippen molar-refractivity contribution in [3.8, 4) is 11.5 Å². The molecule has 0 saturated heterocycles. The molecule has 3 rings (SSSR count). The maximum absolute atomic E-state index is 11.9. The summed E-state index contributed by atoms with van der Waals surface area (Å²) in [6, 6.07) is 5.89. The van der Waals surface area contributed by atoms with E-state index in [2.05, 4.69) is 5.32 Å². The van der Waals surface area contributed by atoms with Crippen molar-refractivity contribution in [2.45, 2.75) is 31.2 Å². The van der Waals surface area contributed by atoms with Gasteiger partial charge in [-0.2, -0.15) is 0 Å². The Bertz CT molecular complexity index is 504. The van der Waals surface area contributed by atoms with Crippen LogP contribution in [0.4, 0.5) is 0 Å². The molecule has 2 aliphatic carbocycles. The highest BCUT2D eigenvalue weighted by atomic mass is 16.5. The van der Waals surface area contributed by atoms with Gasteiger partial charge in [0.05, 0.1) is 19.8 Å². The van der Waals surface area contributed by atoms with E-state index in [1.165, 1.54) is 0 Å². The Kier molecular flexibility index (Phi) is 2.88. The summed E-state index contributed by atoms with van der Waals surface area (Å²) in [5.41, 5.74) is 0.943. The van der Waals surface area contributed by atoms with Crippen molar-refractivity contribution in [1.29, 1.82) is 0 Å². The highest BCUT2D eigenvalue weighted by Gasteiger charge is 2.47. The predicted octanol–water partition coefficient (Wildman–Crippen LogP) is 2.22. The maximum Gasteiger partial charge on any atom is 0.223 e. The fraction of sp³-hybridized carbons (Fsp3) is 0.533. The molecule has 102 valence electrons. The number of methoxy groups -OCH3 is 2. The zero-order chi connectivity index (χ0) is 13.5. The standard InChI is InChI=1S/C15H19NO3/c1-18-12-6-5-11(9-13(12)19-2)15(7-8-15)16-14(17)10-3-4-10/h5-6,9-10H,3-4,7-8H2,1-2H3,(H,16,17). The molecule has 1 aromatic carbocycles. The molecule has 4 nitrogen and oxygen atoms in total. The molecule has 0 radical (unpaired) electrons. The summed E-state index contributed by atoms with van der Waals surface area (Å²) >= 11 is 0.